The highest BCUT2D eigenvalue weighted by Gasteiger charge is 2.14. The number of aryl methyl sites for hydroxylation is 2. The van der Waals surface area contributed by atoms with Crippen LogP contribution in [0, 0.1) is 13.8 Å². The summed E-state index contributed by atoms with van der Waals surface area (Å²) in [4.78, 5) is 3.49. The molecule has 0 radical (unpaired) electrons. The molecule has 2 nitrogen and oxygen atoms in total. The molecule has 0 atom stereocenters. The van der Waals surface area contributed by atoms with Crippen molar-refractivity contribution in [1.29, 1.82) is 0 Å². The summed E-state index contributed by atoms with van der Waals surface area (Å²) < 4.78 is 6.21. The first-order chi connectivity index (χ1) is 10.7. The van der Waals surface area contributed by atoms with Gasteiger partial charge in [0.05, 0.1) is 10.9 Å². The lowest BCUT2D eigenvalue weighted by atomic mass is 10.1. The number of furan rings is 1. The molecule has 2 heterocycles. The molecule has 5 rings (SSSR count). The summed E-state index contributed by atoms with van der Waals surface area (Å²) in [5.74, 6) is 0. The molecule has 0 unspecified atom stereocenters. The summed E-state index contributed by atoms with van der Waals surface area (Å²) in [6, 6.07) is 17.2. The number of H-pyrrole nitrogens is 1. The van der Waals surface area contributed by atoms with Crippen LogP contribution in [0.4, 0.5) is 0 Å². The van der Waals surface area contributed by atoms with E-state index in [1.807, 2.05) is 0 Å². The molecule has 0 bridgehead atoms. The topological polar surface area (TPSA) is 28.9 Å². The predicted molar refractivity (Wildman–Crippen MR) is 92.6 cm³/mol. The second-order valence-electron chi connectivity index (χ2n) is 6.14. The highest BCUT2D eigenvalue weighted by molar-refractivity contribution is 6.23. The van der Waals surface area contributed by atoms with Gasteiger partial charge in [0.1, 0.15) is 11.2 Å². The van der Waals surface area contributed by atoms with Crippen LogP contribution in [0.2, 0.25) is 0 Å². The van der Waals surface area contributed by atoms with Crippen LogP contribution < -0.4 is 0 Å². The summed E-state index contributed by atoms with van der Waals surface area (Å²) in [5, 5.41) is 4.80. The third kappa shape index (κ3) is 1.44. The van der Waals surface area contributed by atoms with Crippen molar-refractivity contribution in [1.82, 2.24) is 4.98 Å². The average Bonchev–Trinajstić information content (AvgIpc) is 3.04. The van der Waals surface area contributed by atoms with Gasteiger partial charge in [-0.15, -0.1) is 0 Å². The standard InChI is InChI=1S/C20H15NO/c1-11-3-6-16-15(10-11)19-17(21-16)7-5-13-14-9-12(2)4-8-18(14)22-20(13)19/h3-10,21H,1-2H3. The van der Waals surface area contributed by atoms with E-state index in [0.29, 0.717) is 0 Å². The van der Waals surface area contributed by atoms with Crippen molar-refractivity contribution < 1.29 is 4.42 Å². The monoisotopic (exact) mass is 285 g/mol. The van der Waals surface area contributed by atoms with Crippen LogP contribution in [-0.2, 0) is 0 Å². The van der Waals surface area contributed by atoms with Gasteiger partial charge in [-0.2, -0.15) is 0 Å². The Balaban J connectivity index is 2.08. The first-order valence-corrected chi connectivity index (χ1v) is 7.54. The van der Waals surface area contributed by atoms with Gasteiger partial charge in [-0.05, 0) is 50.2 Å². The minimum absolute atomic E-state index is 0.954. The molecule has 0 aliphatic heterocycles. The Labute approximate surface area is 127 Å². The van der Waals surface area contributed by atoms with Gasteiger partial charge in [0.2, 0.25) is 0 Å². The number of fused-ring (bicyclic) bond motifs is 7. The van der Waals surface area contributed by atoms with Crippen molar-refractivity contribution in [3.8, 4) is 0 Å². The number of rotatable bonds is 0. The van der Waals surface area contributed by atoms with E-state index in [1.54, 1.807) is 0 Å². The molecular weight excluding hydrogens is 270 g/mol. The summed E-state index contributed by atoms with van der Waals surface area (Å²) in [7, 11) is 0. The third-order valence-electron chi connectivity index (χ3n) is 4.51. The van der Waals surface area contributed by atoms with Crippen molar-refractivity contribution in [3.05, 3.63) is 59.7 Å². The quantitative estimate of drug-likeness (QED) is 0.380. The SMILES string of the molecule is Cc1ccc2oc3c(ccc4[nH]c5ccc(C)cc5c43)c2c1. The lowest BCUT2D eigenvalue weighted by Gasteiger charge is -1.95. The van der Waals surface area contributed by atoms with Crippen molar-refractivity contribution in [2.24, 2.45) is 0 Å². The molecule has 2 aromatic heterocycles. The highest BCUT2D eigenvalue weighted by atomic mass is 16.3. The van der Waals surface area contributed by atoms with E-state index in [4.69, 9.17) is 4.42 Å². The zero-order chi connectivity index (χ0) is 14.8. The number of nitrogens with one attached hydrogen (secondary N) is 1. The Hall–Kier alpha value is -2.74. The minimum atomic E-state index is 0.954. The number of hydrogen-bond donors (Lipinski definition) is 1. The molecule has 5 aromatic rings. The molecule has 106 valence electrons. The number of aromatic amines is 1. The average molecular weight is 285 g/mol. The van der Waals surface area contributed by atoms with Gasteiger partial charge < -0.3 is 9.40 Å². The van der Waals surface area contributed by atoms with Gasteiger partial charge in [0.15, 0.2) is 0 Å². The van der Waals surface area contributed by atoms with Crippen LogP contribution in [0.3, 0.4) is 0 Å². The van der Waals surface area contributed by atoms with Gasteiger partial charge in [-0.25, -0.2) is 0 Å². The molecule has 0 spiro atoms. The fourth-order valence-electron chi connectivity index (χ4n) is 3.44. The zero-order valence-electron chi connectivity index (χ0n) is 12.5. The molecule has 0 saturated heterocycles. The number of benzene rings is 3. The maximum atomic E-state index is 6.21. The van der Waals surface area contributed by atoms with E-state index >= 15 is 0 Å². The Morgan fingerprint density at radius 1 is 0.727 bits per heavy atom. The van der Waals surface area contributed by atoms with Gasteiger partial charge in [0, 0.05) is 21.7 Å². The van der Waals surface area contributed by atoms with Crippen molar-refractivity contribution >= 4 is 43.7 Å². The highest BCUT2D eigenvalue weighted by Crippen LogP contribution is 2.37. The lowest BCUT2D eigenvalue weighted by molar-refractivity contribution is 0.673. The number of hydrogen-bond acceptors (Lipinski definition) is 1. The molecule has 0 amide bonds. The molecule has 0 aliphatic rings. The largest absolute Gasteiger partial charge is 0.455 e. The third-order valence-corrected chi connectivity index (χ3v) is 4.51. The summed E-state index contributed by atoms with van der Waals surface area (Å²) in [6.07, 6.45) is 0. The van der Waals surface area contributed by atoms with Crippen LogP contribution in [0.15, 0.2) is 52.9 Å². The maximum absolute atomic E-state index is 6.21. The predicted octanol–water partition coefficient (Wildman–Crippen LogP) is 5.84. The molecule has 0 fully saturated rings. The first-order valence-electron chi connectivity index (χ1n) is 7.54. The fraction of sp³-hybridized carbons (Fsp3) is 0.100. The van der Waals surface area contributed by atoms with E-state index in [-0.39, 0.29) is 0 Å². The van der Waals surface area contributed by atoms with Crippen LogP contribution in [0.1, 0.15) is 11.1 Å². The molecular formula is C20H15NO. The Morgan fingerprint density at radius 2 is 1.45 bits per heavy atom. The fourth-order valence-corrected chi connectivity index (χ4v) is 3.44. The normalized spacial score (nSPS) is 12.1. The van der Waals surface area contributed by atoms with Gasteiger partial charge in [0.25, 0.3) is 0 Å². The van der Waals surface area contributed by atoms with Crippen molar-refractivity contribution in [3.63, 3.8) is 0 Å². The summed E-state index contributed by atoms with van der Waals surface area (Å²) >= 11 is 0. The van der Waals surface area contributed by atoms with Crippen LogP contribution >= 0.6 is 0 Å². The minimum Gasteiger partial charge on any atom is -0.455 e. The van der Waals surface area contributed by atoms with Gasteiger partial charge >= 0.3 is 0 Å². The molecule has 1 N–H and O–H groups in total. The second kappa shape index (κ2) is 3.92. The summed E-state index contributed by atoms with van der Waals surface area (Å²) in [5.41, 5.74) is 6.74. The van der Waals surface area contributed by atoms with E-state index in [2.05, 4.69) is 67.4 Å². The molecule has 3 aromatic carbocycles. The molecule has 22 heavy (non-hydrogen) atoms. The van der Waals surface area contributed by atoms with Crippen LogP contribution in [0.5, 0.6) is 0 Å². The summed E-state index contributed by atoms with van der Waals surface area (Å²) in [6.45, 7) is 4.24. The molecule has 2 heteroatoms. The lowest BCUT2D eigenvalue weighted by Crippen LogP contribution is -1.72. The first kappa shape index (κ1) is 11.9. The second-order valence-corrected chi connectivity index (χ2v) is 6.14. The molecule has 0 saturated carbocycles. The number of aromatic nitrogens is 1. The van der Waals surface area contributed by atoms with Gasteiger partial charge in [-0.3, -0.25) is 0 Å². The van der Waals surface area contributed by atoms with E-state index in [0.717, 1.165) is 22.2 Å². The molecule has 0 aliphatic carbocycles. The van der Waals surface area contributed by atoms with Crippen LogP contribution in [0.25, 0.3) is 43.7 Å². The van der Waals surface area contributed by atoms with Crippen molar-refractivity contribution in [2.45, 2.75) is 13.8 Å². The van der Waals surface area contributed by atoms with E-state index < -0.39 is 0 Å². The maximum Gasteiger partial charge on any atom is 0.145 e. The van der Waals surface area contributed by atoms with Crippen molar-refractivity contribution in [2.75, 3.05) is 0 Å². The van der Waals surface area contributed by atoms with Crippen LogP contribution in [-0.4, -0.2) is 4.98 Å². The Bertz CT molecular complexity index is 1190. The smallest absolute Gasteiger partial charge is 0.145 e. The Morgan fingerprint density at radius 3 is 2.32 bits per heavy atom. The van der Waals surface area contributed by atoms with Gasteiger partial charge in [-0.1, -0.05) is 23.3 Å². The van der Waals surface area contributed by atoms with E-state index in [1.165, 1.54) is 32.7 Å². The van der Waals surface area contributed by atoms with E-state index in [9.17, 15) is 0 Å². The zero-order valence-corrected chi connectivity index (χ0v) is 12.5. The Kier molecular flexibility index (Phi) is 2.11.